The first-order valence-corrected chi connectivity index (χ1v) is 7.87. The number of nitrogens with zero attached hydrogens (tertiary/aromatic N) is 2. The molecule has 0 unspecified atom stereocenters. The Morgan fingerprint density at radius 1 is 1.11 bits per heavy atom. The summed E-state index contributed by atoms with van der Waals surface area (Å²) < 4.78 is 19.3. The van der Waals surface area contributed by atoms with Gasteiger partial charge in [0.15, 0.2) is 5.78 Å². The molecule has 0 amide bonds. The highest BCUT2D eigenvalue weighted by atomic mass is 19.1. The van der Waals surface area contributed by atoms with Crippen LogP contribution in [0.2, 0.25) is 0 Å². The van der Waals surface area contributed by atoms with Crippen molar-refractivity contribution >= 4 is 23.4 Å². The van der Waals surface area contributed by atoms with E-state index in [4.69, 9.17) is 10.5 Å². The third-order valence-electron chi connectivity index (χ3n) is 4.43. The number of nitrogen functional groups attached to an aromatic ring is 1. The van der Waals surface area contributed by atoms with Crippen LogP contribution in [0.5, 0.6) is 0 Å². The van der Waals surface area contributed by atoms with E-state index in [1.54, 1.807) is 0 Å². The van der Waals surface area contributed by atoms with Crippen molar-refractivity contribution in [2.75, 3.05) is 12.8 Å². The molecular weight excluding hydrogens is 353 g/mol. The number of ketones is 2. The van der Waals surface area contributed by atoms with Crippen molar-refractivity contribution in [3.63, 3.8) is 0 Å². The van der Waals surface area contributed by atoms with Crippen molar-refractivity contribution in [2.24, 2.45) is 0 Å². The summed E-state index contributed by atoms with van der Waals surface area (Å²) in [5, 5.41) is 0. The van der Waals surface area contributed by atoms with Crippen LogP contribution < -0.4 is 5.73 Å². The molecule has 134 valence electrons. The zero-order chi connectivity index (χ0) is 19.3. The molecule has 1 aromatic carbocycles. The third kappa shape index (κ3) is 2.27. The molecule has 2 heterocycles. The van der Waals surface area contributed by atoms with E-state index in [1.165, 1.54) is 47.3 Å². The van der Waals surface area contributed by atoms with Gasteiger partial charge in [-0.05, 0) is 30.3 Å². The largest absolute Gasteiger partial charge is 0.465 e. The Balaban J connectivity index is 2.10. The van der Waals surface area contributed by atoms with Crippen LogP contribution in [0.1, 0.15) is 42.3 Å². The lowest BCUT2D eigenvalue weighted by Crippen LogP contribution is -2.24. The fourth-order valence-corrected chi connectivity index (χ4v) is 3.23. The lowest BCUT2D eigenvalue weighted by atomic mass is 9.87. The first kappa shape index (κ1) is 16.6. The summed E-state index contributed by atoms with van der Waals surface area (Å²) in [6.45, 7) is 0. The predicted molar refractivity (Wildman–Crippen MR) is 92.6 cm³/mol. The van der Waals surface area contributed by atoms with E-state index in [0.29, 0.717) is 5.69 Å². The molecule has 0 fully saturated rings. The fourth-order valence-electron chi connectivity index (χ4n) is 3.23. The number of methoxy groups -OCH3 is 1. The van der Waals surface area contributed by atoms with Gasteiger partial charge >= 0.3 is 5.97 Å². The number of pyridine rings is 1. The Kier molecular flexibility index (Phi) is 3.62. The molecule has 2 aromatic heterocycles. The van der Waals surface area contributed by atoms with Crippen LogP contribution in [-0.2, 0) is 4.74 Å². The second-order valence-corrected chi connectivity index (χ2v) is 5.87. The van der Waals surface area contributed by atoms with Crippen LogP contribution in [0.25, 0.3) is 5.69 Å². The van der Waals surface area contributed by atoms with Gasteiger partial charge in [0.05, 0.1) is 18.2 Å². The SMILES string of the molecule is COC(=O)c1c2c(n(-c3ccc(F)cc3)c1N)C(=O)c1cnccc1C2=O. The Labute approximate surface area is 152 Å². The zero-order valence-corrected chi connectivity index (χ0v) is 14.0. The van der Waals surface area contributed by atoms with Crippen molar-refractivity contribution in [3.8, 4) is 5.69 Å². The second kappa shape index (κ2) is 5.87. The highest BCUT2D eigenvalue weighted by Gasteiger charge is 2.40. The van der Waals surface area contributed by atoms with Crippen molar-refractivity contribution in [1.82, 2.24) is 9.55 Å². The van der Waals surface area contributed by atoms with E-state index in [1.807, 2.05) is 0 Å². The Morgan fingerprint density at radius 2 is 1.81 bits per heavy atom. The number of hydrogen-bond acceptors (Lipinski definition) is 6. The zero-order valence-electron chi connectivity index (χ0n) is 14.0. The number of carbonyl (C=O) groups is 3. The number of esters is 1. The molecule has 0 aliphatic heterocycles. The molecule has 0 saturated carbocycles. The monoisotopic (exact) mass is 365 g/mol. The van der Waals surface area contributed by atoms with E-state index < -0.39 is 23.4 Å². The van der Waals surface area contributed by atoms with Crippen molar-refractivity contribution < 1.29 is 23.5 Å². The molecule has 4 rings (SSSR count). The van der Waals surface area contributed by atoms with Crippen LogP contribution in [0, 0.1) is 5.82 Å². The summed E-state index contributed by atoms with van der Waals surface area (Å²) in [6.07, 6.45) is 2.67. The van der Waals surface area contributed by atoms with Crippen LogP contribution >= 0.6 is 0 Å². The number of rotatable bonds is 2. The summed E-state index contributed by atoms with van der Waals surface area (Å²) in [6, 6.07) is 6.56. The van der Waals surface area contributed by atoms with Crippen molar-refractivity contribution in [2.45, 2.75) is 0 Å². The lowest BCUT2D eigenvalue weighted by molar-refractivity contribution is 0.0599. The molecular formula is C19H12FN3O4. The van der Waals surface area contributed by atoms with E-state index in [2.05, 4.69) is 4.98 Å². The molecule has 27 heavy (non-hydrogen) atoms. The number of hydrogen-bond donors (Lipinski definition) is 1. The van der Waals surface area contributed by atoms with Gasteiger partial charge in [0.1, 0.15) is 22.9 Å². The number of anilines is 1. The standard InChI is InChI=1S/C19H12FN3O4/c1-27-19(26)14-13-15(17(25)12-8-22-7-6-11(12)16(13)24)23(18(14)21)10-4-2-9(20)3-5-10/h2-8H,21H2,1H3. The maximum Gasteiger partial charge on any atom is 0.342 e. The maximum atomic E-state index is 13.3. The summed E-state index contributed by atoms with van der Waals surface area (Å²) in [7, 11) is 1.15. The average Bonchev–Trinajstić information content (AvgIpc) is 2.99. The first-order chi connectivity index (χ1) is 13.0. The Morgan fingerprint density at radius 3 is 2.48 bits per heavy atom. The van der Waals surface area contributed by atoms with Gasteiger partial charge in [-0.2, -0.15) is 0 Å². The second-order valence-electron chi connectivity index (χ2n) is 5.87. The van der Waals surface area contributed by atoms with Crippen LogP contribution in [-0.4, -0.2) is 34.2 Å². The predicted octanol–water partition coefficient (Wildman–Crippen LogP) is 2.16. The minimum Gasteiger partial charge on any atom is -0.465 e. The molecule has 2 N–H and O–H groups in total. The number of nitrogens with two attached hydrogens (primary N) is 1. The molecule has 3 aromatic rings. The molecule has 0 atom stereocenters. The fraction of sp³-hybridized carbons (Fsp3) is 0.0526. The van der Waals surface area contributed by atoms with Gasteiger partial charge < -0.3 is 10.5 Å². The number of ether oxygens (including phenoxy) is 1. The van der Waals surface area contributed by atoms with Crippen molar-refractivity contribution in [1.29, 1.82) is 0 Å². The summed E-state index contributed by atoms with van der Waals surface area (Å²) >= 11 is 0. The normalized spacial score (nSPS) is 12.5. The highest BCUT2D eigenvalue weighted by Crippen LogP contribution is 2.37. The Hall–Kier alpha value is -3.81. The van der Waals surface area contributed by atoms with E-state index >= 15 is 0 Å². The molecule has 7 nitrogen and oxygen atoms in total. The van der Waals surface area contributed by atoms with E-state index in [9.17, 15) is 18.8 Å². The average molecular weight is 365 g/mol. The van der Waals surface area contributed by atoms with Crippen molar-refractivity contribution in [3.05, 3.63) is 76.5 Å². The number of aromatic nitrogens is 2. The highest BCUT2D eigenvalue weighted by molar-refractivity contribution is 6.31. The minimum absolute atomic E-state index is 0.0787. The van der Waals surface area contributed by atoms with E-state index in [0.717, 1.165) is 7.11 Å². The molecule has 0 saturated heterocycles. The minimum atomic E-state index is -0.844. The number of fused-ring (bicyclic) bond motifs is 2. The molecule has 0 spiro atoms. The molecule has 1 aliphatic carbocycles. The summed E-state index contributed by atoms with van der Waals surface area (Å²) in [4.78, 5) is 42.3. The van der Waals surface area contributed by atoms with Crippen LogP contribution in [0.3, 0.4) is 0 Å². The molecule has 1 aliphatic rings. The van der Waals surface area contributed by atoms with Gasteiger partial charge in [0, 0.05) is 23.6 Å². The van der Waals surface area contributed by atoms with Gasteiger partial charge in [-0.3, -0.25) is 19.1 Å². The van der Waals surface area contributed by atoms with Gasteiger partial charge in [0.2, 0.25) is 5.78 Å². The number of halogens is 1. The number of benzene rings is 1. The van der Waals surface area contributed by atoms with Gasteiger partial charge in [-0.1, -0.05) is 0 Å². The topological polar surface area (TPSA) is 104 Å². The maximum absolute atomic E-state index is 13.3. The Bertz CT molecular complexity index is 1130. The first-order valence-electron chi connectivity index (χ1n) is 7.87. The van der Waals surface area contributed by atoms with Crippen LogP contribution in [0.15, 0.2) is 42.7 Å². The molecule has 0 bridgehead atoms. The lowest BCUT2D eigenvalue weighted by Gasteiger charge is -2.17. The van der Waals surface area contributed by atoms with E-state index in [-0.39, 0.29) is 33.8 Å². The quantitative estimate of drug-likeness (QED) is 0.546. The smallest absolute Gasteiger partial charge is 0.342 e. The summed E-state index contributed by atoms with van der Waals surface area (Å²) in [5.41, 5.74) is 6.29. The van der Waals surface area contributed by atoms with Gasteiger partial charge in [-0.25, -0.2) is 9.18 Å². The number of carbonyl (C=O) groups excluding carboxylic acids is 3. The summed E-state index contributed by atoms with van der Waals surface area (Å²) in [5.74, 6) is -2.51. The van der Waals surface area contributed by atoms with Gasteiger partial charge in [0.25, 0.3) is 0 Å². The van der Waals surface area contributed by atoms with Gasteiger partial charge in [-0.15, -0.1) is 0 Å². The van der Waals surface area contributed by atoms with Crippen LogP contribution in [0.4, 0.5) is 10.2 Å². The molecule has 8 heteroatoms. The third-order valence-corrected chi connectivity index (χ3v) is 4.43. The molecule has 0 radical (unpaired) electrons.